The number of piperidine rings is 1. The fraction of sp³-hybridized carbons (Fsp3) is 0.375. The summed E-state index contributed by atoms with van der Waals surface area (Å²) in [5.74, 6) is 0.155. The molecule has 1 heterocycles. The molecule has 6 nitrogen and oxygen atoms in total. The van der Waals surface area contributed by atoms with Gasteiger partial charge in [0.25, 0.3) is 5.91 Å². The van der Waals surface area contributed by atoms with Gasteiger partial charge in [0.15, 0.2) is 5.78 Å². The molecule has 2 amide bonds. The first-order valence-corrected chi connectivity index (χ1v) is 10.3. The Bertz CT molecular complexity index is 882. The van der Waals surface area contributed by atoms with Crippen LogP contribution in [0.3, 0.4) is 0 Å². The lowest BCUT2D eigenvalue weighted by atomic mass is 9.97. The lowest BCUT2D eigenvalue weighted by Gasteiger charge is -2.31. The molecule has 0 unspecified atom stereocenters. The smallest absolute Gasteiger partial charge is 0.410 e. The van der Waals surface area contributed by atoms with Crippen molar-refractivity contribution in [3.8, 4) is 0 Å². The molecule has 0 atom stereocenters. The molecular weight excluding hydrogens is 380 g/mol. The summed E-state index contributed by atoms with van der Waals surface area (Å²) in [7, 11) is 0. The maximum Gasteiger partial charge on any atom is 0.410 e. The van der Waals surface area contributed by atoms with Crippen LogP contribution in [0.4, 0.5) is 4.79 Å². The van der Waals surface area contributed by atoms with Gasteiger partial charge >= 0.3 is 6.09 Å². The molecule has 0 aliphatic carbocycles. The average molecular weight is 408 g/mol. The van der Waals surface area contributed by atoms with Gasteiger partial charge in [0.05, 0.1) is 0 Å². The number of ether oxygens (including phenoxy) is 1. The minimum atomic E-state index is -0.288. The second-order valence-electron chi connectivity index (χ2n) is 7.81. The standard InChI is InChI=1S/C24H28N2O4/c1-17-3-5-20(6-4-17)16-30-24(29)26-13-11-19(12-14-26)15-25-23(28)22-9-7-21(8-10-22)18(2)27/h3-10,19H,11-16H2,1-2H3,(H,25,28). The molecule has 6 heteroatoms. The molecule has 1 aliphatic rings. The quantitative estimate of drug-likeness (QED) is 0.734. The summed E-state index contributed by atoms with van der Waals surface area (Å²) in [6.07, 6.45) is 1.36. The van der Waals surface area contributed by atoms with Crippen LogP contribution < -0.4 is 5.32 Å². The zero-order valence-electron chi connectivity index (χ0n) is 17.5. The van der Waals surface area contributed by atoms with E-state index in [4.69, 9.17) is 4.74 Å². The topological polar surface area (TPSA) is 75.7 Å². The molecule has 0 aromatic heterocycles. The predicted molar refractivity (Wildman–Crippen MR) is 114 cm³/mol. The number of amides is 2. The number of rotatable bonds is 6. The fourth-order valence-electron chi connectivity index (χ4n) is 3.44. The number of likely N-dealkylation sites (tertiary alicyclic amines) is 1. The highest BCUT2D eigenvalue weighted by atomic mass is 16.6. The molecule has 0 saturated carbocycles. The van der Waals surface area contributed by atoms with Crippen LogP contribution in [-0.2, 0) is 11.3 Å². The van der Waals surface area contributed by atoms with Crippen molar-refractivity contribution < 1.29 is 19.1 Å². The first-order chi connectivity index (χ1) is 14.4. The summed E-state index contributed by atoms with van der Waals surface area (Å²) in [5, 5.41) is 2.95. The maximum atomic E-state index is 12.3. The third-order valence-electron chi connectivity index (χ3n) is 5.46. The van der Waals surface area contributed by atoms with E-state index in [1.54, 1.807) is 29.2 Å². The normalized spacial score (nSPS) is 14.3. The highest BCUT2D eigenvalue weighted by Crippen LogP contribution is 2.18. The Balaban J connectivity index is 1.38. The second kappa shape index (κ2) is 10.1. The zero-order chi connectivity index (χ0) is 21.5. The molecule has 2 aromatic rings. The highest BCUT2D eigenvalue weighted by molar-refractivity contribution is 5.97. The third kappa shape index (κ3) is 5.92. The SMILES string of the molecule is CC(=O)c1ccc(C(=O)NCC2CCN(C(=O)OCc3ccc(C)cc3)CC2)cc1. The van der Waals surface area contributed by atoms with E-state index in [2.05, 4.69) is 5.32 Å². The van der Waals surface area contributed by atoms with E-state index < -0.39 is 0 Å². The van der Waals surface area contributed by atoms with Gasteiger partial charge in [-0.3, -0.25) is 9.59 Å². The van der Waals surface area contributed by atoms with Gasteiger partial charge in [-0.15, -0.1) is 0 Å². The number of nitrogens with one attached hydrogen (secondary N) is 1. The number of hydrogen-bond donors (Lipinski definition) is 1. The summed E-state index contributed by atoms with van der Waals surface area (Å²) in [5.41, 5.74) is 3.28. The third-order valence-corrected chi connectivity index (χ3v) is 5.46. The summed E-state index contributed by atoms with van der Waals surface area (Å²) in [6.45, 7) is 5.62. The number of hydrogen-bond acceptors (Lipinski definition) is 4. The van der Waals surface area contributed by atoms with Crippen LogP contribution in [0, 0.1) is 12.8 Å². The van der Waals surface area contributed by atoms with Gasteiger partial charge < -0.3 is 15.0 Å². The van der Waals surface area contributed by atoms with Crippen molar-refractivity contribution in [3.05, 3.63) is 70.8 Å². The van der Waals surface area contributed by atoms with E-state index >= 15 is 0 Å². The van der Waals surface area contributed by atoms with Gasteiger partial charge in [-0.25, -0.2) is 4.79 Å². The Kier molecular flexibility index (Phi) is 7.22. The molecular formula is C24H28N2O4. The van der Waals surface area contributed by atoms with Crippen molar-refractivity contribution in [2.45, 2.75) is 33.3 Å². The molecule has 30 heavy (non-hydrogen) atoms. The monoisotopic (exact) mass is 408 g/mol. The largest absolute Gasteiger partial charge is 0.445 e. The Morgan fingerprint density at radius 2 is 1.57 bits per heavy atom. The molecule has 2 aromatic carbocycles. The molecule has 1 saturated heterocycles. The zero-order valence-corrected chi connectivity index (χ0v) is 17.5. The minimum absolute atomic E-state index is 0.0221. The Labute approximate surface area is 177 Å². The number of carbonyl (C=O) groups is 3. The number of nitrogens with zero attached hydrogens (tertiary/aromatic N) is 1. The minimum Gasteiger partial charge on any atom is -0.445 e. The summed E-state index contributed by atoms with van der Waals surface area (Å²) in [4.78, 5) is 37.6. The second-order valence-corrected chi connectivity index (χ2v) is 7.81. The van der Waals surface area contributed by atoms with Gasteiger partial charge in [0.1, 0.15) is 6.61 Å². The van der Waals surface area contributed by atoms with Crippen LogP contribution in [0.25, 0.3) is 0 Å². The van der Waals surface area contributed by atoms with Crippen molar-refractivity contribution in [3.63, 3.8) is 0 Å². The van der Waals surface area contributed by atoms with Crippen LogP contribution in [0.1, 0.15) is 51.6 Å². The van der Waals surface area contributed by atoms with Crippen LogP contribution in [0.2, 0.25) is 0 Å². The van der Waals surface area contributed by atoms with Crippen molar-refractivity contribution in [1.29, 1.82) is 0 Å². The van der Waals surface area contributed by atoms with Crippen LogP contribution in [-0.4, -0.2) is 42.3 Å². The molecule has 1 N–H and O–H groups in total. The fourth-order valence-corrected chi connectivity index (χ4v) is 3.44. The first-order valence-electron chi connectivity index (χ1n) is 10.3. The van der Waals surface area contributed by atoms with Gasteiger partial charge in [0, 0.05) is 30.8 Å². The van der Waals surface area contributed by atoms with Crippen molar-refractivity contribution in [1.82, 2.24) is 10.2 Å². The first kappa shape index (κ1) is 21.6. The van der Waals surface area contributed by atoms with Crippen LogP contribution >= 0.6 is 0 Å². The predicted octanol–water partition coefficient (Wildman–Crippen LogP) is 3.98. The van der Waals surface area contributed by atoms with Gasteiger partial charge in [0.2, 0.25) is 0 Å². The van der Waals surface area contributed by atoms with E-state index in [9.17, 15) is 14.4 Å². The van der Waals surface area contributed by atoms with Crippen molar-refractivity contribution in [2.75, 3.05) is 19.6 Å². The summed E-state index contributed by atoms with van der Waals surface area (Å²) in [6, 6.07) is 14.6. The van der Waals surface area contributed by atoms with Gasteiger partial charge in [-0.1, -0.05) is 42.0 Å². The lowest BCUT2D eigenvalue weighted by Crippen LogP contribution is -2.41. The molecule has 0 bridgehead atoms. The molecule has 1 fully saturated rings. The number of Topliss-reactive ketones (excluding diaryl/α,β-unsaturated/α-hetero) is 1. The lowest BCUT2D eigenvalue weighted by molar-refractivity contribution is 0.0800. The average Bonchev–Trinajstić information content (AvgIpc) is 2.77. The van der Waals surface area contributed by atoms with Gasteiger partial charge in [-0.2, -0.15) is 0 Å². The molecule has 0 radical (unpaired) electrons. The molecule has 3 rings (SSSR count). The Hall–Kier alpha value is -3.15. The maximum absolute atomic E-state index is 12.3. The van der Waals surface area contributed by atoms with E-state index in [0.29, 0.717) is 36.7 Å². The van der Waals surface area contributed by atoms with Gasteiger partial charge in [-0.05, 0) is 50.3 Å². The van der Waals surface area contributed by atoms with E-state index in [1.165, 1.54) is 12.5 Å². The van der Waals surface area contributed by atoms with E-state index in [-0.39, 0.29) is 24.4 Å². The Morgan fingerprint density at radius 1 is 0.967 bits per heavy atom. The van der Waals surface area contributed by atoms with Crippen molar-refractivity contribution >= 4 is 17.8 Å². The van der Waals surface area contributed by atoms with Crippen molar-refractivity contribution in [2.24, 2.45) is 5.92 Å². The Morgan fingerprint density at radius 3 is 2.17 bits per heavy atom. The summed E-state index contributed by atoms with van der Waals surface area (Å²) >= 11 is 0. The molecule has 158 valence electrons. The number of ketones is 1. The van der Waals surface area contributed by atoms with E-state index in [1.807, 2.05) is 31.2 Å². The van der Waals surface area contributed by atoms with Crippen LogP contribution in [0.5, 0.6) is 0 Å². The summed E-state index contributed by atoms with van der Waals surface area (Å²) < 4.78 is 5.42. The number of benzene rings is 2. The van der Waals surface area contributed by atoms with Crippen LogP contribution in [0.15, 0.2) is 48.5 Å². The highest BCUT2D eigenvalue weighted by Gasteiger charge is 2.24. The number of carbonyl (C=O) groups excluding carboxylic acids is 3. The molecule has 0 spiro atoms. The van der Waals surface area contributed by atoms with E-state index in [0.717, 1.165) is 18.4 Å². The molecule has 1 aliphatic heterocycles. The number of aryl methyl sites for hydroxylation is 1.